The number of para-hydroxylation sites is 1. The maximum atomic E-state index is 12.6. The van der Waals surface area contributed by atoms with Crippen molar-refractivity contribution in [3.8, 4) is 22.6 Å². The van der Waals surface area contributed by atoms with Crippen LogP contribution in [0.15, 0.2) is 66.7 Å². The fraction of sp³-hybridized carbons (Fsp3) is 0.136. The molecule has 0 saturated carbocycles. The molecule has 0 aliphatic carbocycles. The third-order valence-corrected chi connectivity index (χ3v) is 4.57. The summed E-state index contributed by atoms with van der Waals surface area (Å²) in [4.78, 5) is 12.6. The Balaban J connectivity index is 1.88. The molecule has 0 bridgehead atoms. The van der Waals surface area contributed by atoms with Gasteiger partial charge >= 0.3 is 0 Å². The van der Waals surface area contributed by atoms with E-state index < -0.39 is 12.0 Å². The van der Waals surface area contributed by atoms with Crippen LogP contribution in [0.25, 0.3) is 11.1 Å². The third kappa shape index (κ3) is 4.27. The van der Waals surface area contributed by atoms with Crippen LogP contribution in [0.4, 0.5) is 5.69 Å². The Bertz CT molecular complexity index is 973. The Morgan fingerprint density at radius 1 is 0.964 bits per heavy atom. The van der Waals surface area contributed by atoms with E-state index in [0.717, 1.165) is 11.1 Å². The minimum absolute atomic E-state index is 0.463. The summed E-state index contributed by atoms with van der Waals surface area (Å²) in [7, 11) is 3.14. The number of hydrogen-bond acceptors (Lipinski definition) is 4. The van der Waals surface area contributed by atoms with Crippen molar-refractivity contribution in [2.24, 2.45) is 0 Å². The Kier molecular flexibility index (Phi) is 6.19. The average molecular weight is 398 g/mol. The van der Waals surface area contributed by atoms with Gasteiger partial charge in [0, 0.05) is 16.3 Å². The number of amides is 1. The molecule has 3 aromatic rings. The molecule has 0 saturated heterocycles. The maximum Gasteiger partial charge on any atom is 0.257 e. The van der Waals surface area contributed by atoms with E-state index in [1.165, 1.54) is 0 Å². The molecule has 144 valence electrons. The van der Waals surface area contributed by atoms with Crippen LogP contribution in [-0.2, 0) is 4.79 Å². The number of benzene rings is 3. The molecule has 0 spiro atoms. The molecule has 1 amide bonds. The number of nitrogens with one attached hydrogen (secondary N) is 1. The molecule has 0 aliphatic heterocycles. The molecule has 6 heteroatoms. The van der Waals surface area contributed by atoms with Crippen molar-refractivity contribution < 1.29 is 19.4 Å². The van der Waals surface area contributed by atoms with Gasteiger partial charge in [-0.25, -0.2) is 0 Å². The lowest BCUT2D eigenvalue weighted by Gasteiger charge is -2.16. The van der Waals surface area contributed by atoms with Gasteiger partial charge < -0.3 is 19.9 Å². The summed E-state index contributed by atoms with van der Waals surface area (Å²) in [6, 6.07) is 19.3. The summed E-state index contributed by atoms with van der Waals surface area (Å²) >= 11 is 5.86. The molecular formula is C22H20ClNO4. The molecule has 3 aromatic carbocycles. The number of carbonyl (C=O) groups excluding carboxylic acids is 1. The first-order valence-electron chi connectivity index (χ1n) is 8.59. The molecule has 1 atom stereocenters. The Morgan fingerprint density at radius 3 is 2.32 bits per heavy atom. The van der Waals surface area contributed by atoms with Gasteiger partial charge in [0.25, 0.3) is 5.91 Å². The second-order valence-electron chi connectivity index (χ2n) is 6.06. The zero-order valence-electron chi connectivity index (χ0n) is 15.5. The Hall–Kier alpha value is -3.02. The van der Waals surface area contributed by atoms with E-state index in [9.17, 15) is 9.90 Å². The molecule has 0 heterocycles. The zero-order chi connectivity index (χ0) is 20.1. The highest BCUT2D eigenvalue weighted by Crippen LogP contribution is 2.35. The largest absolute Gasteiger partial charge is 0.493 e. The van der Waals surface area contributed by atoms with Crippen LogP contribution in [-0.4, -0.2) is 25.2 Å². The number of ether oxygens (including phenoxy) is 2. The van der Waals surface area contributed by atoms with Gasteiger partial charge in [0.2, 0.25) is 0 Å². The van der Waals surface area contributed by atoms with Crippen LogP contribution in [0, 0.1) is 0 Å². The van der Waals surface area contributed by atoms with Crippen molar-refractivity contribution in [1.82, 2.24) is 0 Å². The second-order valence-corrected chi connectivity index (χ2v) is 6.50. The fourth-order valence-corrected chi connectivity index (χ4v) is 2.97. The van der Waals surface area contributed by atoms with Gasteiger partial charge in [-0.3, -0.25) is 4.79 Å². The molecule has 0 fully saturated rings. The van der Waals surface area contributed by atoms with Gasteiger partial charge in [0.15, 0.2) is 17.6 Å². The molecule has 5 nitrogen and oxygen atoms in total. The van der Waals surface area contributed by atoms with E-state index in [-0.39, 0.29) is 0 Å². The highest BCUT2D eigenvalue weighted by atomic mass is 35.5. The molecule has 0 radical (unpaired) electrons. The first-order valence-corrected chi connectivity index (χ1v) is 8.97. The fourth-order valence-electron chi connectivity index (χ4n) is 2.85. The highest BCUT2D eigenvalue weighted by molar-refractivity contribution is 6.30. The average Bonchev–Trinajstić information content (AvgIpc) is 2.73. The number of carbonyl (C=O) groups is 1. The Labute approximate surface area is 168 Å². The monoisotopic (exact) mass is 397 g/mol. The van der Waals surface area contributed by atoms with E-state index in [4.69, 9.17) is 21.1 Å². The quantitative estimate of drug-likeness (QED) is 0.632. The SMILES string of the molecule is COc1ccc(-c2ccccc2NC(=O)C(O)c2ccc(Cl)cc2)cc1OC. The van der Waals surface area contributed by atoms with Crippen LogP contribution in [0.2, 0.25) is 5.02 Å². The van der Waals surface area contributed by atoms with Crippen molar-refractivity contribution in [2.45, 2.75) is 6.10 Å². The van der Waals surface area contributed by atoms with Crippen molar-refractivity contribution in [3.05, 3.63) is 77.3 Å². The first kappa shape index (κ1) is 19.7. The number of rotatable bonds is 6. The zero-order valence-corrected chi connectivity index (χ0v) is 16.2. The van der Waals surface area contributed by atoms with Crippen LogP contribution >= 0.6 is 11.6 Å². The standard InChI is InChI=1S/C22H20ClNO4/c1-27-19-12-9-15(13-20(19)28-2)17-5-3-4-6-18(17)24-22(26)21(25)14-7-10-16(23)11-8-14/h3-13,21,25H,1-2H3,(H,24,26). The van der Waals surface area contributed by atoms with Crippen molar-refractivity contribution in [3.63, 3.8) is 0 Å². The summed E-state index contributed by atoms with van der Waals surface area (Å²) < 4.78 is 10.6. The van der Waals surface area contributed by atoms with E-state index in [1.54, 1.807) is 50.6 Å². The molecule has 28 heavy (non-hydrogen) atoms. The minimum atomic E-state index is -1.31. The van der Waals surface area contributed by atoms with Crippen molar-refractivity contribution in [1.29, 1.82) is 0 Å². The molecule has 3 rings (SSSR count). The first-order chi connectivity index (χ1) is 13.5. The summed E-state index contributed by atoms with van der Waals surface area (Å²) in [5.41, 5.74) is 2.67. The Morgan fingerprint density at radius 2 is 1.64 bits per heavy atom. The molecule has 0 aromatic heterocycles. The molecule has 2 N–H and O–H groups in total. The molecule has 1 unspecified atom stereocenters. The van der Waals surface area contributed by atoms with Crippen molar-refractivity contribution in [2.75, 3.05) is 19.5 Å². The second kappa shape index (κ2) is 8.78. The van der Waals surface area contributed by atoms with Crippen LogP contribution in [0.3, 0.4) is 0 Å². The topological polar surface area (TPSA) is 67.8 Å². The maximum absolute atomic E-state index is 12.6. The normalized spacial score (nSPS) is 11.6. The number of hydrogen-bond donors (Lipinski definition) is 2. The van der Waals surface area contributed by atoms with Gasteiger partial charge in [0.05, 0.1) is 14.2 Å². The number of anilines is 1. The summed E-state index contributed by atoms with van der Waals surface area (Å²) in [5.74, 6) is 0.670. The van der Waals surface area contributed by atoms with Gasteiger partial charge in [-0.15, -0.1) is 0 Å². The number of aliphatic hydroxyl groups excluding tert-OH is 1. The number of methoxy groups -OCH3 is 2. The lowest BCUT2D eigenvalue weighted by molar-refractivity contribution is -0.124. The van der Waals surface area contributed by atoms with Gasteiger partial charge in [-0.2, -0.15) is 0 Å². The van der Waals surface area contributed by atoms with Crippen LogP contribution in [0.5, 0.6) is 11.5 Å². The van der Waals surface area contributed by atoms with E-state index >= 15 is 0 Å². The van der Waals surface area contributed by atoms with Crippen molar-refractivity contribution >= 4 is 23.2 Å². The number of halogens is 1. The van der Waals surface area contributed by atoms with Gasteiger partial charge in [0.1, 0.15) is 0 Å². The predicted octanol–water partition coefficient (Wildman–Crippen LogP) is 4.70. The summed E-state index contributed by atoms with van der Waals surface area (Å²) in [6.45, 7) is 0. The lowest BCUT2D eigenvalue weighted by Crippen LogP contribution is -2.21. The predicted molar refractivity (Wildman–Crippen MR) is 110 cm³/mol. The summed E-state index contributed by atoms with van der Waals surface area (Å²) in [5, 5.41) is 13.7. The lowest BCUT2D eigenvalue weighted by atomic mass is 10.0. The highest BCUT2D eigenvalue weighted by Gasteiger charge is 2.19. The number of aliphatic hydroxyl groups is 1. The van der Waals surface area contributed by atoms with Gasteiger partial charge in [-0.05, 0) is 41.5 Å². The van der Waals surface area contributed by atoms with E-state index in [1.807, 2.05) is 30.3 Å². The minimum Gasteiger partial charge on any atom is -0.493 e. The van der Waals surface area contributed by atoms with Gasteiger partial charge in [-0.1, -0.05) is 48.0 Å². The third-order valence-electron chi connectivity index (χ3n) is 4.31. The van der Waals surface area contributed by atoms with Crippen LogP contribution < -0.4 is 14.8 Å². The summed E-state index contributed by atoms with van der Waals surface area (Å²) in [6.07, 6.45) is -1.31. The molecular weight excluding hydrogens is 378 g/mol. The smallest absolute Gasteiger partial charge is 0.257 e. The van der Waals surface area contributed by atoms with E-state index in [2.05, 4.69) is 5.32 Å². The van der Waals surface area contributed by atoms with Crippen LogP contribution in [0.1, 0.15) is 11.7 Å². The van der Waals surface area contributed by atoms with E-state index in [0.29, 0.717) is 27.8 Å². The molecule has 0 aliphatic rings.